The summed E-state index contributed by atoms with van der Waals surface area (Å²) in [4.78, 5) is 0. The molecule has 0 saturated heterocycles. The van der Waals surface area contributed by atoms with E-state index >= 15 is 0 Å². The van der Waals surface area contributed by atoms with Gasteiger partial charge in [0.1, 0.15) is 52.4 Å². The molecule has 10 aromatic heterocycles. The largest absolute Gasteiger partial charge is 0.295 e. The number of benzene rings is 13. The van der Waals surface area contributed by atoms with Crippen LogP contribution in [0, 0.1) is 69.1 Å². The molecule has 13 heterocycles. The summed E-state index contributed by atoms with van der Waals surface area (Å²) >= 11 is 0. The van der Waals surface area contributed by atoms with E-state index < -0.39 is 13.7 Å². The van der Waals surface area contributed by atoms with Gasteiger partial charge in [-0.15, -0.1) is 0 Å². The molecule has 0 amide bonds. The van der Waals surface area contributed by atoms with E-state index in [9.17, 15) is 0 Å². The lowest BCUT2D eigenvalue weighted by molar-refractivity contribution is -0.644. The van der Waals surface area contributed by atoms with Gasteiger partial charge in [-0.2, -0.15) is 22.0 Å². The normalized spacial score (nSPS) is 15.4. The van der Waals surface area contributed by atoms with E-state index in [1.807, 2.05) is 54.6 Å². The quantitative estimate of drug-likeness (QED) is 0.125. The Morgan fingerprint density at radius 3 is 0.894 bits per heavy atom. The van der Waals surface area contributed by atoms with E-state index in [4.69, 9.17) is 8.22 Å². The highest BCUT2D eigenvalue weighted by Crippen LogP contribution is 2.57. The topological polar surface area (TPSA) is 42.9 Å². The van der Waals surface area contributed by atoms with Crippen LogP contribution in [0.15, 0.2) is 280 Å². The van der Waals surface area contributed by atoms with E-state index in [2.05, 4.69) is 437 Å². The molecule has 0 atom stereocenters. The lowest BCUT2D eigenvalue weighted by atomic mass is 9.60. The van der Waals surface area contributed by atoms with Crippen molar-refractivity contribution >= 4 is 137 Å². The van der Waals surface area contributed by atoms with E-state index in [0.717, 1.165) is 77.0 Å². The van der Waals surface area contributed by atoms with Crippen molar-refractivity contribution in [2.45, 2.75) is 222 Å². The molecule has 0 bridgehead atoms. The van der Waals surface area contributed by atoms with Crippen LogP contribution >= 0.6 is 0 Å². The second-order valence-electron chi connectivity index (χ2n) is 42.7. The fraction of sp³-hybridized carbons (Fsp3) is 0.290. The first-order valence-electron chi connectivity index (χ1n) is 51.3. The van der Waals surface area contributed by atoms with Crippen molar-refractivity contribution in [1.82, 2.24) is 22.3 Å². The molecule has 13 aromatic carbocycles. The maximum Gasteiger partial charge on any atom is 0.295 e. The highest BCUT2D eigenvalue weighted by atomic mass is 15.2. The van der Waals surface area contributed by atoms with Gasteiger partial charge in [0.25, 0.3) is 28.2 Å². The summed E-state index contributed by atoms with van der Waals surface area (Å²) in [5.41, 5.74) is 38.4. The van der Waals surface area contributed by atoms with Crippen LogP contribution < -0.4 is 22.5 Å². The Kier molecular flexibility index (Phi) is 22.1. The minimum absolute atomic E-state index is 0. The monoisotopic (exact) mass is 1870 g/mol. The molecular formula is C131H147N10+5. The van der Waals surface area contributed by atoms with Crippen LogP contribution in [-0.4, -0.2) is 22.3 Å². The minimum Gasteiger partial charge on any atom is -0.232 e. The molecule has 3 aliphatic heterocycles. The molecule has 10 heteroatoms. The summed E-state index contributed by atoms with van der Waals surface area (Å²) in [7, 11) is 10.8. The van der Waals surface area contributed by atoms with Gasteiger partial charge in [-0.1, -0.05) is 363 Å². The van der Waals surface area contributed by atoms with Crippen molar-refractivity contribution in [2.75, 3.05) is 0 Å². The number of aromatic nitrogens is 10. The maximum absolute atomic E-state index is 8.24. The summed E-state index contributed by atoms with van der Waals surface area (Å²) in [6, 6.07) is 89.8. The van der Waals surface area contributed by atoms with Gasteiger partial charge in [0.2, 0.25) is 0 Å². The highest BCUT2D eigenvalue weighted by Gasteiger charge is 2.55. The Bertz CT molecular complexity index is 9390. The molecule has 0 N–H and O–H groups in total. The summed E-state index contributed by atoms with van der Waals surface area (Å²) in [6.07, 6.45) is 8.97. The molecule has 3 aliphatic rings. The average molecular weight is 1870 g/mol. The molecule has 0 spiro atoms. The lowest BCUT2D eigenvalue weighted by Gasteiger charge is -2.43. The molecule has 0 unspecified atom stereocenters. The van der Waals surface area contributed by atoms with Crippen LogP contribution in [0.1, 0.15) is 218 Å². The van der Waals surface area contributed by atoms with Gasteiger partial charge in [0, 0.05) is 128 Å². The minimum atomic E-state index is -2.18. The van der Waals surface area contributed by atoms with Gasteiger partial charge in [0.05, 0.1) is 62.2 Å². The summed E-state index contributed by atoms with van der Waals surface area (Å²) in [5, 5.41) is 18.2. The Hall–Kier alpha value is -14.1. The Morgan fingerprint density at radius 1 is 0.248 bits per heavy atom. The lowest BCUT2D eigenvalue weighted by Crippen LogP contribution is -2.44. The number of nitrogens with zero attached hydrogens (tertiary/aromatic N) is 10. The van der Waals surface area contributed by atoms with Crippen molar-refractivity contribution in [1.29, 1.82) is 0 Å². The Morgan fingerprint density at radius 2 is 0.525 bits per heavy atom. The first-order valence-corrected chi connectivity index (χ1v) is 48.3. The molecule has 716 valence electrons. The summed E-state index contributed by atoms with van der Waals surface area (Å²) in [5.74, 6) is 0. The number of imidazole rings is 5. The highest BCUT2D eigenvalue weighted by molar-refractivity contribution is 6.19. The fourth-order valence-electron chi connectivity index (χ4n) is 24.6. The zero-order chi connectivity index (χ0) is 100. The van der Waals surface area contributed by atoms with Gasteiger partial charge >= 0.3 is 0 Å². The van der Waals surface area contributed by atoms with Gasteiger partial charge in [-0.25, -0.2) is 22.8 Å². The van der Waals surface area contributed by atoms with E-state index in [-0.39, 0.29) is 69.6 Å². The average Bonchev–Trinajstić information content (AvgIpc) is 1.52. The molecule has 0 radical (unpaired) electrons. The van der Waals surface area contributed by atoms with Crippen molar-refractivity contribution < 1.29 is 30.7 Å². The van der Waals surface area contributed by atoms with Crippen molar-refractivity contribution in [2.24, 2.45) is 35.2 Å². The zero-order valence-corrected chi connectivity index (χ0v) is 83.5. The Labute approximate surface area is 844 Å². The first-order chi connectivity index (χ1) is 67.3. The number of fused-ring (bicyclic) bond motifs is 21. The van der Waals surface area contributed by atoms with Crippen LogP contribution in [0.25, 0.3) is 170 Å². The summed E-state index contributed by atoms with van der Waals surface area (Å²) < 4.78 is 72.5. The van der Waals surface area contributed by atoms with E-state index in [1.54, 1.807) is 6.07 Å². The number of rotatable bonds is 3. The van der Waals surface area contributed by atoms with E-state index in [0.29, 0.717) is 11.1 Å². The maximum atomic E-state index is 8.24. The third kappa shape index (κ3) is 13.5. The van der Waals surface area contributed by atoms with Gasteiger partial charge in [-0.3, -0.25) is 0 Å². The molecule has 0 saturated carbocycles. The number of aryl methyl sites for hydroxylation is 15. The SMILES string of the molecule is C.C.C.C.C.Cc1ccc2c3c1c1cccc(C)c1c1n3c(c(-c3ccccc3)[n+]1C)C(C)(C)C2(C)C.Cc1ccc2c3c1c1cccc(C)c1c1n3c(c[n+]1C)C(C)(C)C2(C)C.Cc1cccc2c1c1cccc(C)c1c1n(C)c(-c3ccccc3)c[n+]21.[2H]C([2H])([2H])c1ccc2c3c1c1cccc(C)c1c1n3c(c[n+]1C)C(C)(C)C2(C)C.[2H]C([2H])([2H])c1cccc2c1c1cccc(C)c1c1n(C)c(-c3ccccc3)c[n+]21. The van der Waals surface area contributed by atoms with Crippen LogP contribution in [0.4, 0.5) is 0 Å². The van der Waals surface area contributed by atoms with Gasteiger partial charge < -0.3 is 0 Å². The smallest absolute Gasteiger partial charge is 0.232 e. The van der Waals surface area contributed by atoms with Crippen LogP contribution in [0.3, 0.4) is 0 Å². The third-order valence-corrected chi connectivity index (χ3v) is 33.9. The molecule has 23 aromatic rings. The Balaban J connectivity index is 0.000000125. The molecule has 0 aliphatic carbocycles. The predicted molar refractivity (Wildman–Crippen MR) is 603 cm³/mol. The number of hydrogen-bond donors (Lipinski definition) is 0. The van der Waals surface area contributed by atoms with Crippen LogP contribution in [0.2, 0.25) is 0 Å². The number of hydrogen-bond acceptors (Lipinski definition) is 0. The first kappa shape index (κ1) is 90.7. The van der Waals surface area contributed by atoms with Gasteiger partial charge in [-0.05, 0) is 137 Å². The van der Waals surface area contributed by atoms with Crippen molar-refractivity contribution in [3.8, 4) is 33.8 Å². The number of pyridine rings is 5. The van der Waals surface area contributed by atoms with Crippen LogP contribution in [-0.2, 0) is 67.7 Å². The molecule has 0 fully saturated rings. The second-order valence-corrected chi connectivity index (χ2v) is 42.7. The van der Waals surface area contributed by atoms with E-state index in [1.165, 1.54) is 172 Å². The van der Waals surface area contributed by atoms with Crippen molar-refractivity contribution in [3.63, 3.8) is 0 Å². The fourth-order valence-corrected chi connectivity index (χ4v) is 24.6. The molecule has 26 rings (SSSR count). The zero-order valence-electron chi connectivity index (χ0n) is 89.5. The van der Waals surface area contributed by atoms with Crippen LogP contribution in [0.5, 0.6) is 0 Å². The molecule has 10 nitrogen and oxygen atoms in total. The second kappa shape index (κ2) is 34.4. The van der Waals surface area contributed by atoms with Gasteiger partial charge in [0.15, 0.2) is 34.2 Å². The predicted octanol–water partition coefficient (Wildman–Crippen LogP) is 31.3. The third-order valence-electron chi connectivity index (χ3n) is 33.9. The standard InChI is InChI=1S/C30H31N2.2C24H27N2.2C24H21N2.5CH4/c1-18-12-11-15-21-23-19(2)16-17-22-26(23)32-27(30(5,6)29(22,3)4)25(20-13-9-8-10-14-20)31(7)28(32)24(18)21;2*1-14-9-8-10-16-19-15(2)11-12-17-21(19)26-18(24(5,6)23(17,3)4)13-25(7)22(26)20(14)16;2*1-16-10-8-14-20-22(16)19-13-7-9-17(2)23(19)24-25(3)21(15-26(20)24)18-11-5-4-6-12-18;;;;;/h8-17H,1-7H3;2*8-13H,1-7H3;2*4-15H,1-3H3;5*1H4/q5*+1;;;;;/i;2D3;;1D3;;;;;;. The summed E-state index contributed by atoms with van der Waals surface area (Å²) in [6.45, 7) is 41.7. The molecule has 141 heavy (non-hydrogen) atoms. The molecular weight excluding hydrogens is 1710 g/mol. The van der Waals surface area contributed by atoms with Crippen molar-refractivity contribution in [3.05, 3.63) is 369 Å².